The number of carboxylic acids is 1. The van der Waals surface area contributed by atoms with Crippen LogP contribution < -0.4 is 5.32 Å². The molecule has 1 heterocycles. The van der Waals surface area contributed by atoms with E-state index in [0.29, 0.717) is 5.69 Å². The van der Waals surface area contributed by atoms with Crippen molar-refractivity contribution < 1.29 is 19.8 Å². The van der Waals surface area contributed by atoms with Crippen LogP contribution in [0.1, 0.15) is 20.8 Å². The van der Waals surface area contributed by atoms with Gasteiger partial charge in [-0.15, -0.1) is 0 Å². The van der Waals surface area contributed by atoms with Crippen LogP contribution >= 0.6 is 0 Å². The van der Waals surface area contributed by atoms with Gasteiger partial charge in [0.15, 0.2) is 5.69 Å². The topological polar surface area (TPSA) is 99.5 Å². The lowest BCUT2D eigenvalue weighted by Crippen LogP contribution is -2.13. The minimum absolute atomic E-state index is 0.0928. The Hall–Kier alpha value is -2.89. The standard InChI is InChI=1S/C13H10N2O4/c16-10-2-1-7-14-11(10)12(17)15-9-5-3-8(4-6-9)13(18)19/h1-7,16H,(H,15,17)(H,18,19). The quantitative estimate of drug-likeness (QED) is 0.778. The molecule has 6 nitrogen and oxygen atoms in total. The van der Waals surface area contributed by atoms with Gasteiger partial charge in [0.05, 0.1) is 5.56 Å². The van der Waals surface area contributed by atoms with E-state index in [4.69, 9.17) is 5.11 Å². The first kappa shape index (κ1) is 12.6. The fourth-order valence-corrected chi connectivity index (χ4v) is 1.46. The maximum absolute atomic E-state index is 11.8. The van der Waals surface area contributed by atoms with Crippen LogP contribution in [0.25, 0.3) is 0 Å². The van der Waals surface area contributed by atoms with E-state index < -0.39 is 11.9 Å². The molecule has 2 aromatic rings. The average Bonchev–Trinajstić information content (AvgIpc) is 2.39. The third kappa shape index (κ3) is 2.86. The number of anilines is 1. The van der Waals surface area contributed by atoms with E-state index in [2.05, 4.69) is 10.3 Å². The molecular weight excluding hydrogens is 248 g/mol. The van der Waals surface area contributed by atoms with E-state index in [9.17, 15) is 14.7 Å². The number of nitrogens with one attached hydrogen (secondary N) is 1. The van der Waals surface area contributed by atoms with E-state index in [1.165, 1.54) is 42.6 Å². The summed E-state index contributed by atoms with van der Waals surface area (Å²) in [6.07, 6.45) is 1.39. The predicted molar refractivity (Wildman–Crippen MR) is 67.3 cm³/mol. The number of carboxylic acid groups (broad SMARTS) is 1. The second kappa shape index (κ2) is 5.18. The van der Waals surface area contributed by atoms with Gasteiger partial charge in [-0.3, -0.25) is 4.79 Å². The molecule has 0 spiro atoms. The van der Waals surface area contributed by atoms with Crippen LogP contribution in [0.3, 0.4) is 0 Å². The Balaban J connectivity index is 2.15. The zero-order valence-electron chi connectivity index (χ0n) is 9.70. The Kier molecular flexibility index (Phi) is 3.42. The van der Waals surface area contributed by atoms with E-state index in [1.54, 1.807) is 0 Å². The number of benzene rings is 1. The Bertz CT molecular complexity index is 623. The van der Waals surface area contributed by atoms with E-state index in [1.807, 2.05) is 0 Å². The molecule has 96 valence electrons. The van der Waals surface area contributed by atoms with Crippen molar-refractivity contribution in [3.8, 4) is 5.75 Å². The summed E-state index contributed by atoms with van der Waals surface area (Å²) in [5.41, 5.74) is 0.448. The number of hydrogen-bond acceptors (Lipinski definition) is 4. The second-order valence-corrected chi connectivity index (χ2v) is 3.71. The van der Waals surface area contributed by atoms with Gasteiger partial charge in [-0.1, -0.05) is 0 Å². The molecule has 19 heavy (non-hydrogen) atoms. The minimum Gasteiger partial charge on any atom is -0.505 e. The molecule has 1 aromatic heterocycles. The summed E-state index contributed by atoms with van der Waals surface area (Å²) in [4.78, 5) is 26.2. The Morgan fingerprint density at radius 1 is 1.11 bits per heavy atom. The number of rotatable bonds is 3. The number of aromatic nitrogens is 1. The van der Waals surface area contributed by atoms with Crippen LogP contribution in [0.2, 0.25) is 0 Å². The zero-order chi connectivity index (χ0) is 13.8. The number of aromatic carboxylic acids is 1. The fourth-order valence-electron chi connectivity index (χ4n) is 1.46. The molecule has 0 atom stereocenters. The Morgan fingerprint density at radius 3 is 2.37 bits per heavy atom. The number of pyridine rings is 1. The molecule has 0 saturated heterocycles. The lowest BCUT2D eigenvalue weighted by atomic mass is 10.2. The van der Waals surface area contributed by atoms with Crippen LogP contribution in [0.4, 0.5) is 5.69 Å². The minimum atomic E-state index is -1.04. The second-order valence-electron chi connectivity index (χ2n) is 3.71. The highest BCUT2D eigenvalue weighted by Crippen LogP contribution is 2.16. The van der Waals surface area contributed by atoms with Gasteiger partial charge in [0, 0.05) is 11.9 Å². The van der Waals surface area contributed by atoms with Gasteiger partial charge in [0.1, 0.15) is 5.75 Å². The first-order valence-electron chi connectivity index (χ1n) is 5.36. The molecule has 0 unspecified atom stereocenters. The van der Waals surface area contributed by atoms with Gasteiger partial charge in [-0.2, -0.15) is 0 Å². The summed E-state index contributed by atoms with van der Waals surface area (Å²) in [5.74, 6) is -1.83. The van der Waals surface area contributed by atoms with Crippen molar-refractivity contribution in [1.29, 1.82) is 0 Å². The molecule has 3 N–H and O–H groups in total. The molecule has 0 fully saturated rings. The van der Waals surface area contributed by atoms with Crippen molar-refractivity contribution in [1.82, 2.24) is 4.98 Å². The SMILES string of the molecule is O=C(O)c1ccc(NC(=O)c2ncccc2O)cc1. The summed E-state index contributed by atoms with van der Waals surface area (Å²) >= 11 is 0. The number of aromatic hydroxyl groups is 1. The average molecular weight is 258 g/mol. The van der Waals surface area contributed by atoms with Crippen LogP contribution in [0.5, 0.6) is 5.75 Å². The third-order valence-electron chi connectivity index (χ3n) is 2.39. The van der Waals surface area contributed by atoms with Gasteiger partial charge < -0.3 is 15.5 Å². The van der Waals surface area contributed by atoms with Gasteiger partial charge in [0.2, 0.25) is 0 Å². The molecule has 2 rings (SSSR count). The monoisotopic (exact) mass is 258 g/mol. The van der Waals surface area contributed by atoms with E-state index >= 15 is 0 Å². The molecule has 6 heteroatoms. The predicted octanol–water partition coefficient (Wildman–Crippen LogP) is 1.74. The Morgan fingerprint density at radius 2 is 1.79 bits per heavy atom. The molecule has 0 aliphatic rings. The van der Waals surface area contributed by atoms with Crippen molar-refractivity contribution in [3.05, 3.63) is 53.9 Å². The summed E-state index contributed by atoms with van der Waals surface area (Å²) in [6.45, 7) is 0. The normalized spacial score (nSPS) is 9.89. The number of hydrogen-bond donors (Lipinski definition) is 3. The van der Waals surface area contributed by atoms with E-state index in [-0.39, 0.29) is 17.0 Å². The van der Waals surface area contributed by atoms with Crippen LogP contribution in [0.15, 0.2) is 42.6 Å². The fraction of sp³-hybridized carbons (Fsp3) is 0. The molecular formula is C13H10N2O4. The molecule has 1 amide bonds. The van der Waals surface area contributed by atoms with Gasteiger partial charge in [-0.25, -0.2) is 9.78 Å². The van der Waals surface area contributed by atoms with Gasteiger partial charge >= 0.3 is 5.97 Å². The molecule has 0 bridgehead atoms. The molecule has 1 aromatic carbocycles. The van der Waals surface area contributed by atoms with Crippen LogP contribution in [-0.4, -0.2) is 27.1 Å². The number of nitrogens with zero attached hydrogens (tertiary/aromatic N) is 1. The van der Waals surface area contributed by atoms with Crippen molar-refractivity contribution in [2.75, 3.05) is 5.32 Å². The maximum Gasteiger partial charge on any atom is 0.335 e. The summed E-state index contributed by atoms with van der Waals surface area (Å²) in [6, 6.07) is 8.53. The molecule has 0 radical (unpaired) electrons. The van der Waals surface area contributed by atoms with Gasteiger partial charge in [0.25, 0.3) is 5.91 Å². The smallest absolute Gasteiger partial charge is 0.335 e. The van der Waals surface area contributed by atoms with E-state index in [0.717, 1.165) is 0 Å². The van der Waals surface area contributed by atoms with Crippen molar-refractivity contribution in [3.63, 3.8) is 0 Å². The first-order valence-corrected chi connectivity index (χ1v) is 5.36. The largest absolute Gasteiger partial charge is 0.505 e. The lowest BCUT2D eigenvalue weighted by Gasteiger charge is -2.06. The molecule has 0 aliphatic carbocycles. The van der Waals surface area contributed by atoms with Crippen LogP contribution in [-0.2, 0) is 0 Å². The highest BCUT2D eigenvalue weighted by molar-refractivity contribution is 6.04. The summed E-state index contributed by atoms with van der Waals surface area (Å²) in [5, 5.41) is 20.7. The Labute approximate surface area is 108 Å². The van der Waals surface area contributed by atoms with Gasteiger partial charge in [-0.05, 0) is 36.4 Å². The van der Waals surface area contributed by atoms with Crippen molar-refractivity contribution in [2.24, 2.45) is 0 Å². The number of carbonyl (C=O) groups excluding carboxylic acids is 1. The summed E-state index contributed by atoms with van der Waals surface area (Å²) < 4.78 is 0. The summed E-state index contributed by atoms with van der Waals surface area (Å²) in [7, 11) is 0. The van der Waals surface area contributed by atoms with Crippen molar-refractivity contribution in [2.45, 2.75) is 0 Å². The lowest BCUT2D eigenvalue weighted by molar-refractivity contribution is 0.0696. The first-order chi connectivity index (χ1) is 9.08. The zero-order valence-corrected chi connectivity index (χ0v) is 9.70. The highest BCUT2D eigenvalue weighted by atomic mass is 16.4. The number of carbonyl (C=O) groups is 2. The molecule has 0 aliphatic heterocycles. The highest BCUT2D eigenvalue weighted by Gasteiger charge is 2.12. The molecule has 0 saturated carbocycles. The van der Waals surface area contributed by atoms with Crippen LogP contribution in [0, 0.1) is 0 Å². The maximum atomic E-state index is 11.8. The third-order valence-corrected chi connectivity index (χ3v) is 2.39. The number of amides is 1. The van der Waals surface area contributed by atoms with Crippen molar-refractivity contribution >= 4 is 17.6 Å².